The molecule has 0 aromatic heterocycles. The maximum absolute atomic E-state index is 10.9. The average molecular weight is 257 g/mol. The summed E-state index contributed by atoms with van der Waals surface area (Å²) in [5.74, 6) is -1.05. The van der Waals surface area contributed by atoms with E-state index in [0.29, 0.717) is 19.2 Å². The van der Waals surface area contributed by atoms with Crippen LogP contribution in [-0.2, 0) is 14.3 Å². The van der Waals surface area contributed by atoms with E-state index in [1.54, 1.807) is 6.92 Å². The summed E-state index contributed by atoms with van der Waals surface area (Å²) in [6.45, 7) is 4.57. The molecule has 3 atom stereocenters. The fraction of sp³-hybridized carbons (Fsp3) is 0.923. The zero-order valence-electron chi connectivity index (χ0n) is 11.2. The predicted molar refractivity (Wildman–Crippen MR) is 66.6 cm³/mol. The quantitative estimate of drug-likeness (QED) is 0.813. The van der Waals surface area contributed by atoms with Crippen molar-refractivity contribution in [3.63, 3.8) is 0 Å². The Labute approximate surface area is 108 Å². The summed E-state index contributed by atoms with van der Waals surface area (Å²) in [4.78, 5) is 13.1. The summed E-state index contributed by atoms with van der Waals surface area (Å²) in [6, 6.07) is 0.405. The molecular weight excluding hydrogens is 234 g/mol. The van der Waals surface area contributed by atoms with Gasteiger partial charge in [0.15, 0.2) is 0 Å². The van der Waals surface area contributed by atoms with E-state index in [9.17, 15) is 4.79 Å². The van der Waals surface area contributed by atoms with Crippen molar-refractivity contribution in [1.29, 1.82) is 0 Å². The van der Waals surface area contributed by atoms with E-state index in [1.807, 2.05) is 7.05 Å². The van der Waals surface area contributed by atoms with Crippen LogP contribution in [0.4, 0.5) is 0 Å². The highest BCUT2D eigenvalue weighted by molar-refractivity contribution is 5.69. The van der Waals surface area contributed by atoms with Crippen molar-refractivity contribution in [2.24, 2.45) is 5.92 Å². The Bertz CT molecular complexity index is 301. The smallest absolute Gasteiger partial charge is 0.307 e. The lowest BCUT2D eigenvalue weighted by Gasteiger charge is -2.41. The van der Waals surface area contributed by atoms with E-state index < -0.39 is 5.97 Å². The summed E-state index contributed by atoms with van der Waals surface area (Å²) in [7, 11) is 2.01. The number of rotatable bonds is 4. The molecular formula is C13H23NO4. The zero-order chi connectivity index (χ0) is 13.2. The third-order valence-corrected chi connectivity index (χ3v) is 4.14. The van der Waals surface area contributed by atoms with Gasteiger partial charge in [0.1, 0.15) is 0 Å². The van der Waals surface area contributed by atoms with Gasteiger partial charge >= 0.3 is 5.97 Å². The lowest BCUT2D eigenvalue weighted by molar-refractivity contribution is -0.142. The molecule has 5 nitrogen and oxygen atoms in total. The minimum absolute atomic E-state index is 0.108. The Morgan fingerprint density at radius 2 is 2.33 bits per heavy atom. The third kappa shape index (κ3) is 3.02. The first-order chi connectivity index (χ1) is 8.52. The number of nitrogens with zero attached hydrogens (tertiary/aromatic N) is 1. The number of hydrogen-bond acceptors (Lipinski definition) is 4. The number of hydrogen-bond donors (Lipinski definition) is 1. The van der Waals surface area contributed by atoms with Gasteiger partial charge in [-0.3, -0.25) is 4.79 Å². The van der Waals surface area contributed by atoms with E-state index in [4.69, 9.17) is 14.6 Å². The van der Waals surface area contributed by atoms with Gasteiger partial charge in [-0.25, -0.2) is 0 Å². The molecule has 0 amide bonds. The summed E-state index contributed by atoms with van der Waals surface area (Å²) in [5, 5.41) is 8.96. The first-order valence-electron chi connectivity index (χ1n) is 6.67. The first kappa shape index (κ1) is 13.8. The van der Waals surface area contributed by atoms with Crippen molar-refractivity contribution in [2.75, 3.05) is 33.4 Å². The van der Waals surface area contributed by atoms with Gasteiger partial charge in [0, 0.05) is 32.2 Å². The fourth-order valence-corrected chi connectivity index (χ4v) is 2.90. The molecule has 0 saturated carbocycles. The van der Waals surface area contributed by atoms with Crippen molar-refractivity contribution in [3.05, 3.63) is 0 Å². The van der Waals surface area contributed by atoms with Crippen molar-refractivity contribution in [1.82, 2.24) is 4.90 Å². The second-order valence-corrected chi connectivity index (χ2v) is 5.66. The zero-order valence-corrected chi connectivity index (χ0v) is 11.2. The molecule has 0 bridgehead atoms. The Balaban J connectivity index is 1.90. The molecule has 104 valence electrons. The van der Waals surface area contributed by atoms with E-state index in [0.717, 1.165) is 32.5 Å². The summed E-state index contributed by atoms with van der Waals surface area (Å²) in [5.41, 5.74) is -0.108. The molecule has 18 heavy (non-hydrogen) atoms. The van der Waals surface area contributed by atoms with E-state index in [-0.39, 0.29) is 11.5 Å². The molecule has 0 aliphatic carbocycles. The lowest BCUT2D eigenvalue weighted by atomic mass is 9.88. The molecule has 3 unspecified atom stereocenters. The molecule has 2 fully saturated rings. The van der Waals surface area contributed by atoms with Gasteiger partial charge in [-0.05, 0) is 19.9 Å². The van der Waals surface area contributed by atoms with Gasteiger partial charge in [0.25, 0.3) is 0 Å². The molecule has 2 heterocycles. The van der Waals surface area contributed by atoms with Crippen molar-refractivity contribution < 1.29 is 19.4 Å². The third-order valence-electron chi connectivity index (χ3n) is 4.14. The van der Waals surface area contributed by atoms with Crippen LogP contribution in [0.3, 0.4) is 0 Å². The van der Waals surface area contributed by atoms with E-state index in [1.165, 1.54) is 0 Å². The number of ether oxygens (including phenoxy) is 2. The SMILES string of the molecule is CC(CN(C)C1CCOC2(CCOC2)C1)C(=O)O. The molecule has 2 saturated heterocycles. The Kier molecular flexibility index (Phi) is 4.25. The maximum atomic E-state index is 10.9. The second kappa shape index (κ2) is 5.55. The molecule has 2 aliphatic rings. The second-order valence-electron chi connectivity index (χ2n) is 5.66. The molecule has 1 spiro atoms. The number of aliphatic carboxylic acids is 1. The molecule has 0 aromatic carbocycles. The number of carboxylic acid groups (broad SMARTS) is 1. The van der Waals surface area contributed by atoms with Gasteiger partial charge in [0.2, 0.25) is 0 Å². The Hall–Kier alpha value is -0.650. The minimum atomic E-state index is -0.729. The molecule has 2 rings (SSSR count). The van der Waals surface area contributed by atoms with Gasteiger partial charge in [-0.1, -0.05) is 6.92 Å². The normalized spacial score (nSPS) is 34.1. The van der Waals surface area contributed by atoms with Gasteiger partial charge < -0.3 is 19.5 Å². The molecule has 0 aromatic rings. The van der Waals surface area contributed by atoms with Crippen LogP contribution >= 0.6 is 0 Å². The highest BCUT2D eigenvalue weighted by Crippen LogP contribution is 2.34. The highest BCUT2D eigenvalue weighted by Gasteiger charge is 2.42. The molecule has 2 aliphatic heterocycles. The van der Waals surface area contributed by atoms with Crippen LogP contribution < -0.4 is 0 Å². The average Bonchev–Trinajstić information content (AvgIpc) is 2.77. The number of carbonyl (C=O) groups is 1. The molecule has 5 heteroatoms. The van der Waals surface area contributed by atoms with Gasteiger partial charge in [-0.15, -0.1) is 0 Å². The lowest BCUT2D eigenvalue weighted by Crippen LogP contribution is -2.49. The van der Waals surface area contributed by atoms with Crippen molar-refractivity contribution >= 4 is 5.97 Å². The van der Waals surface area contributed by atoms with Gasteiger partial charge in [0.05, 0.1) is 18.1 Å². The largest absolute Gasteiger partial charge is 0.481 e. The predicted octanol–water partition coefficient (Wildman–Crippen LogP) is 0.977. The Morgan fingerprint density at radius 3 is 2.94 bits per heavy atom. The fourth-order valence-electron chi connectivity index (χ4n) is 2.90. The van der Waals surface area contributed by atoms with Crippen molar-refractivity contribution in [3.8, 4) is 0 Å². The topological polar surface area (TPSA) is 59.0 Å². The standard InChI is InChI=1S/C13H23NO4/c1-10(12(15)16)8-14(2)11-3-5-18-13(7-11)4-6-17-9-13/h10-11H,3-9H2,1-2H3,(H,15,16). The first-order valence-corrected chi connectivity index (χ1v) is 6.67. The monoisotopic (exact) mass is 257 g/mol. The van der Waals surface area contributed by atoms with Gasteiger partial charge in [-0.2, -0.15) is 0 Å². The van der Waals surface area contributed by atoms with Crippen LogP contribution in [0.15, 0.2) is 0 Å². The molecule has 0 radical (unpaired) electrons. The maximum Gasteiger partial charge on any atom is 0.307 e. The van der Waals surface area contributed by atoms with Crippen LogP contribution in [0.1, 0.15) is 26.2 Å². The van der Waals surface area contributed by atoms with Crippen LogP contribution in [0.5, 0.6) is 0 Å². The summed E-state index contributed by atoms with van der Waals surface area (Å²) in [6.07, 6.45) is 2.90. The molecule has 1 N–H and O–H groups in total. The van der Waals surface area contributed by atoms with Crippen LogP contribution in [0.25, 0.3) is 0 Å². The summed E-state index contributed by atoms with van der Waals surface area (Å²) >= 11 is 0. The number of carboxylic acids is 1. The van der Waals surface area contributed by atoms with E-state index in [2.05, 4.69) is 4.90 Å². The summed E-state index contributed by atoms with van der Waals surface area (Å²) < 4.78 is 11.3. The highest BCUT2D eigenvalue weighted by atomic mass is 16.6. The van der Waals surface area contributed by atoms with Crippen LogP contribution in [-0.4, -0.2) is 61.0 Å². The van der Waals surface area contributed by atoms with E-state index >= 15 is 0 Å². The van der Waals surface area contributed by atoms with Crippen molar-refractivity contribution in [2.45, 2.75) is 37.8 Å². The minimum Gasteiger partial charge on any atom is -0.481 e. The Morgan fingerprint density at radius 1 is 1.56 bits per heavy atom. The van der Waals surface area contributed by atoms with Crippen LogP contribution in [0.2, 0.25) is 0 Å². The van der Waals surface area contributed by atoms with Crippen LogP contribution in [0, 0.1) is 5.92 Å².